The number of benzene rings is 2. The van der Waals surface area contributed by atoms with Crippen LogP contribution < -0.4 is 5.32 Å². The fourth-order valence-electron chi connectivity index (χ4n) is 4.20. The summed E-state index contributed by atoms with van der Waals surface area (Å²) in [5.74, 6) is -0.363. The molecule has 1 aliphatic heterocycles. The Labute approximate surface area is 185 Å². The van der Waals surface area contributed by atoms with Crippen molar-refractivity contribution < 1.29 is 17.9 Å². The highest BCUT2D eigenvalue weighted by molar-refractivity contribution is 7.89. The molecule has 2 aromatic rings. The van der Waals surface area contributed by atoms with E-state index in [0.29, 0.717) is 23.4 Å². The minimum absolute atomic E-state index is 0.162. The molecule has 3 rings (SSSR count). The summed E-state index contributed by atoms with van der Waals surface area (Å²) in [7, 11) is -3.88. The maximum absolute atomic E-state index is 13.7. The molecular formula is C24H32N2O4S. The van der Waals surface area contributed by atoms with E-state index in [-0.39, 0.29) is 30.0 Å². The van der Waals surface area contributed by atoms with Crippen molar-refractivity contribution in [1.82, 2.24) is 4.31 Å². The number of hydrogen-bond acceptors (Lipinski definition) is 4. The monoisotopic (exact) mass is 444 g/mol. The van der Waals surface area contributed by atoms with Crippen LogP contribution in [0.2, 0.25) is 0 Å². The predicted molar refractivity (Wildman–Crippen MR) is 123 cm³/mol. The molecule has 0 aliphatic carbocycles. The number of hydrogen-bond donors (Lipinski definition) is 1. The molecule has 0 aromatic heterocycles. The van der Waals surface area contributed by atoms with Gasteiger partial charge in [0.05, 0.1) is 17.5 Å². The number of aryl methyl sites for hydroxylation is 4. The molecule has 1 unspecified atom stereocenters. The van der Waals surface area contributed by atoms with Crippen molar-refractivity contribution in [2.24, 2.45) is 0 Å². The van der Waals surface area contributed by atoms with Crippen molar-refractivity contribution in [2.75, 3.05) is 25.0 Å². The quantitative estimate of drug-likeness (QED) is 0.699. The van der Waals surface area contributed by atoms with E-state index >= 15 is 0 Å². The first kappa shape index (κ1) is 23.4. The number of rotatable bonds is 7. The van der Waals surface area contributed by atoms with Gasteiger partial charge < -0.3 is 10.1 Å². The summed E-state index contributed by atoms with van der Waals surface area (Å²) in [6.07, 6.45) is 1.49. The Kier molecular flexibility index (Phi) is 7.19. The Balaban J connectivity index is 1.90. The summed E-state index contributed by atoms with van der Waals surface area (Å²) in [6, 6.07) is 9.40. The molecule has 168 valence electrons. The molecule has 0 saturated carbocycles. The van der Waals surface area contributed by atoms with Crippen LogP contribution in [0.1, 0.15) is 40.7 Å². The summed E-state index contributed by atoms with van der Waals surface area (Å²) in [6.45, 7) is 9.97. The van der Waals surface area contributed by atoms with Crippen LogP contribution >= 0.6 is 0 Å². The number of nitrogens with zero attached hydrogens (tertiary/aromatic N) is 1. The maximum atomic E-state index is 13.7. The number of sulfonamides is 1. The molecule has 1 amide bonds. The van der Waals surface area contributed by atoms with E-state index < -0.39 is 10.0 Å². The van der Waals surface area contributed by atoms with Gasteiger partial charge >= 0.3 is 0 Å². The van der Waals surface area contributed by atoms with Gasteiger partial charge in [0.2, 0.25) is 15.9 Å². The van der Waals surface area contributed by atoms with Gasteiger partial charge in [0, 0.05) is 18.8 Å². The fourth-order valence-corrected chi connectivity index (χ4v) is 6.04. The van der Waals surface area contributed by atoms with Crippen molar-refractivity contribution in [3.63, 3.8) is 0 Å². The first-order valence-electron chi connectivity index (χ1n) is 10.6. The number of amides is 1. The largest absolute Gasteiger partial charge is 0.377 e. The third-order valence-electron chi connectivity index (χ3n) is 5.83. The van der Waals surface area contributed by atoms with Crippen molar-refractivity contribution >= 4 is 21.6 Å². The van der Waals surface area contributed by atoms with E-state index in [1.165, 1.54) is 4.31 Å². The van der Waals surface area contributed by atoms with Crippen LogP contribution in [0, 0.1) is 34.6 Å². The lowest BCUT2D eigenvalue weighted by molar-refractivity contribution is -0.116. The third kappa shape index (κ3) is 5.34. The van der Waals surface area contributed by atoms with Gasteiger partial charge in [-0.1, -0.05) is 29.8 Å². The maximum Gasteiger partial charge on any atom is 0.244 e. The SMILES string of the molecule is Cc1cc(C)c(S(=O)(=O)N(CC(=O)Nc2cccc(C)c2C)CC2CCCO2)c(C)c1. The molecule has 1 aliphatic rings. The molecule has 1 N–H and O–H groups in total. The van der Waals surface area contributed by atoms with Crippen LogP contribution in [0.15, 0.2) is 35.2 Å². The Hall–Kier alpha value is -2.22. The Bertz CT molecular complexity index is 1050. The van der Waals surface area contributed by atoms with Crippen molar-refractivity contribution in [3.05, 3.63) is 58.1 Å². The number of nitrogens with one attached hydrogen (secondary N) is 1. The highest BCUT2D eigenvalue weighted by Crippen LogP contribution is 2.27. The van der Waals surface area contributed by atoms with Crippen LogP contribution in [0.4, 0.5) is 5.69 Å². The van der Waals surface area contributed by atoms with Crippen LogP contribution in [-0.4, -0.2) is 44.4 Å². The predicted octanol–water partition coefficient (Wildman–Crippen LogP) is 4.04. The van der Waals surface area contributed by atoms with E-state index in [9.17, 15) is 13.2 Å². The summed E-state index contributed by atoms with van der Waals surface area (Å²) < 4.78 is 34.3. The van der Waals surface area contributed by atoms with E-state index in [4.69, 9.17) is 4.74 Å². The Morgan fingerprint density at radius 2 is 1.77 bits per heavy atom. The number of carbonyl (C=O) groups excluding carboxylic acids is 1. The molecular weight excluding hydrogens is 412 g/mol. The Morgan fingerprint density at radius 1 is 1.10 bits per heavy atom. The molecule has 0 bridgehead atoms. The first-order chi connectivity index (χ1) is 14.6. The van der Waals surface area contributed by atoms with Crippen molar-refractivity contribution in [1.29, 1.82) is 0 Å². The minimum atomic E-state index is -3.88. The topological polar surface area (TPSA) is 75.7 Å². The average Bonchev–Trinajstić information content (AvgIpc) is 3.17. The molecule has 1 fully saturated rings. The summed E-state index contributed by atoms with van der Waals surface area (Å²) >= 11 is 0. The summed E-state index contributed by atoms with van der Waals surface area (Å²) in [4.78, 5) is 13.2. The van der Waals surface area contributed by atoms with Gasteiger partial charge in [0.25, 0.3) is 0 Å². The lowest BCUT2D eigenvalue weighted by Gasteiger charge is -2.26. The molecule has 6 nitrogen and oxygen atoms in total. The smallest absolute Gasteiger partial charge is 0.244 e. The number of ether oxygens (including phenoxy) is 1. The van der Waals surface area contributed by atoms with E-state index in [1.807, 2.05) is 51.1 Å². The zero-order valence-corrected chi connectivity index (χ0v) is 19.8. The highest BCUT2D eigenvalue weighted by atomic mass is 32.2. The molecule has 1 saturated heterocycles. The highest BCUT2D eigenvalue weighted by Gasteiger charge is 2.33. The molecule has 1 heterocycles. The zero-order valence-electron chi connectivity index (χ0n) is 19.0. The second kappa shape index (κ2) is 9.51. The molecule has 0 spiro atoms. The zero-order chi connectivity index (χ0) is 22.8. The number of carbonyl (C=O) groups is 1. The van der Waals surface area contributed by atoms with Crippen LogP contribution in [0.25, 0.3) is 0 Å². The normalized spacial score (nSPS) is 16.6. The van der Waals surface area contributed by atoms with Crippen molar-refractivity contribution in [3.8, 4) is 0 Å². The van der Waals surface area contributed by atoms with Gasteiger partial charge in [-0.05, 0) is 75.8 Å². The Morgan fingerprint density at radius 3 is 2.39 bits per heavy atom. The van der Waals surface area contributed by atoms with Gasteiger partial charge in [0.15, 0.2) is 0 Å². The molecule has 7 heteroatoms. The second-order valence-corrected chi connectivity index (χ2v) is 10.3. The summed E-state index contributed by atoms with van der Waals surface area (Å²) in [5, 5.41) is 2.88. The molecule has 1 atom stereocenters. The standard InChI is InChI=1S/C24H32N2O4S/c1-16-12-18(3)24(19(4)13-16)31(28,29)26(14-21-9-7-11-30-21)15-23(27)25-22-10-6-8-17(2)20(22)5/h6,8,10,12-13,21H,7,9,11,14-15H2,1-5H3,(H,25,27). The fraction of sp³-hybridized carbons (Fsp3) is 0.458. The van der Waals surface area contributed by atoms with E-state index in [1.54, 1.807) is 13.8 Å². The third-order valence-corrected chi connectivity index (χ3v) is 7.95. The van der Waals surface area contributed by atoms with Gasteiger partial charge in [0.1, 0.15) is 0 Å². The summed E-state index contributed by atoms with van der Waals surface area (Å²) in [5.41, 5.74) is 5.10. The van der Waals surface area contributed by atoms with Gasteiger partial charge in [-0.15, -0.1) is 0 Å². The second-order valence-electron chi connectivity index (χ2n) is 8.46. The molecule has 31 heavy (non-hydrogen) atoms. The van der Waals surface area contributed by atoms with Gasteiger partial charge in [-0.2, -0.15) is 4.31 Å². The van der Waals surface area contributed by atoms with Gasteiger partial charge in [-0.3, -0.25) is 4.79 Å². The van der Waals surface area contributed by atoms with E-state index in [2.05, 4.69) is 5.32 Å². The van der Waals surface area contributed by atoms with Crippen LogP contribution in [0.5, 0.6) is 0 Å². The van der Waals surface area contributed by atoms with Gasteiger partial charge in [-0.25, -0.2) is 8.42 Å². The lowest BCUT2D eigenvalue weighted by atomic mass is 10.1. The van der Waals surface area contributed by atoms with Crippen LogP contribution in [0.3, 0.4) is 0 Å². The number of anilines is 1. The lowest BCUT2D eigenvalue weighted by Crippen LogP contribution is -2.42. The minimum Gasteiger partial charge on any atom is -0.377 e. The van der Waals surface area contributed by atoms with Crippen molar-refractivity contribution in [2.45, 2.75) is 58.5 Å². The molecule has 0 radical (unpaired) electrons. The van der Waals surface area contributed by atoms with E-state index in [0.717, 1.165) is 29.5 Å². The average molecular weight is 445 g/mol. The van der Waals surface area contributed by atoms with Crippen LogP contribution in [-0.2, 0) is 19.6 Å². The molecule has 2 aromatic carbocycles. The first-order valence-corrected chi connectivity index (χ1v) is 12.1.